The summed E-state index contributed by atoms with van der Waals surface area (Å²) >= 11 is 0. The van der Waals surface area contributed by atoms with Gasteiger partial charge in [0.2, 0.25) is 0 Å². The summed E-state index contributed by atoms with van der Waals surface area (Å²) in [5.41, 5.74) is 2.24. The molecule has 2 unspecified atom stereocenters. The monoisotopic (exact) mass is 300 g/mol. The summed E-state index contributed by atoms with van der Waals surface area (Å²) in [6, 6.07) is 5.32. The van der Waals surface area contributed by atoms with Crippen LogP contribution in [-0.4, -0.2) is 39.8 Å². The lowest BCUT2D eigenvalue weighted by atomic mass is 9.92. The van der Waals surface area contributed by atoms with Crippen molar-refractivity contribution < 1.29 is 9.59 Å². The average Bonchev–Trinajstić information content (AvgIpc) is 2.93. The van der Waals surface area contributed by atoms with Crippen molar-refractivity contribution in [3.05, 3.63) is 24.5 Å². The van der Waals surface area contributed by atoms with E-state index in [1.807, 2.05) is 0 Å². The molecule has 1 fully saturated rings. The molecule has 1 aromatic carbocycles. The fourth-order valence-electron chi connectivity index (χ4n) is 3.17. The summed E-state index contributed by atoms with van der Waals surface area (Å²) in [5, 5.41) is 2.67. The van der Waals surface area contributed by atoms with Crippen LogP contribution in [0.25, 0.3) is 11.0 Å². The first-order valence-electron chi connectivity index (χ1n) is 7.56. The van der Waals surface area contributed by atoms with Crippen LogP contribution in [0.15, 0.2) is 24.5 Å². The summed E-state index contributed by atoms with van der Waals surface area (Å²) in [6.45, 7) is 5.52. The molecule has 1 saturated heterocycles. The van der Waals surface area contributed by atoms with E-state index in [-0.39, 0.29) is 0 Å². The van der Waals surface area contributed by atoms with Gasteiger partial charge in [-0.1, -0.05) is 13.8 Å². The van der Waals surface area contributed by atoms with E-state index in [0.29, 0.717) is 30.6 Å². The number of piperidine rings is 1. The van der Waals surface area contributed by atoms with Gasteiger partial charge in [0.15, 0.2) is 0 Å². The Bertz CT molecular complexity index is 699. The second-order valence-electron chi connectivity index (χ2n) is 6.24. The minimum atomic E-state index is -0.583. The van der Waals surface area contributed by atoms with Crippen molar-refractivity contribution >= 4 is 28.5 Å². The molecule has 2 N–H and O–H groups in total. The Morgan fingerprint density at radius 2 is 2.00 bits per heavy atom. The molecule has 0 spiro atoms. The van der Waals surface area contributed by atoms with Crippen molar-refractivity contribution in [1.82, 2.24) is 14.9 Å². The summed E-state index contributed by atoms with van der Waals surface area (Å²) in [6.07, 6.45) is 2.69. The van der Waals surface area contributed by atoms with Gasteiger partial charge >= 0.3 is 11.8 Å². The lowest BCUT2D eigenvalue weighted by Gasteiger charge is -2.34. The molecule has 6 heteroatoms. The number of nitrogens with one attached hydrogen (secondary N) is 2. The van der Waals surface area contributed by atoms with Crippen LogP contribution in [0.5, 0.6) is 0 Å². The number of carbonyl (C=O) groups is 2. The van der Waals surface area contributed by atoms with Gasteiger partial charge in [-0.2, -0.15) is 0 Å². The number of hydrogen-bond donors (Lipinski definition) is 2. The minimum Gasteiger partial charge on any atom is -0.345 e. The molecule has 0 saturated carbocycles. The molecule has 2 aromatic rings. The minimum absolute atomic E-state index is 0.432. The van der Waals surface area contributed by atoms with Crippen molar-refractivity contribution in [3.8, 4) is 0 Å². The smallest absolute Gasteiger partial charge is 0.313 e. The van der Waals surface area contributed by atoms with E-state index in [0.717, 1.165) is 17.5 Å². The van der Waals surface area contributed by atoms with Gasteiger partial charge in [0.25, 0.3) is 0 Å². The summed E-state index contributed by atoms with van der Waals surface area (Å²) in [4.78, 5) is 33.2. The van der Waals surface area contributed by atoms with E-state index >= 15 is 0 Å². The number of carbonyl (C=O) groups excluding carboxylic acids is 2. The number of benzene rings is 1. The van der Waals surface area contributed by atoms with E-state index in [4.69, 9.17) is 0 Å². The zero-order valence-electron chi connectivity index (χ0n) is 12.8. The van der Waals surface area contributed by atoms with Crippen molar-refractivity contribution in [2.75, 3.05) is 18.4 Å². The molecule has 2 atom stereocenters. The zero-order valence-corrected chi connectivity index (χ0v) is 12.8. The topological polar surface area (TPSA) is 78.1 Å². The quantitative estimate of drug-likeness (QED) is 0.791. The highest BCUT2D eigenvalue weighted by atomic mass is 16.2. The molecule has 1 aliphatic rings. The van der Waals surface area contributed by atoms with Gasteiger partial charge in [-0.3, -0.25) is 9.59 Å². The third-order valence-electron chi connectivity index (χ3n) is 4.03. The second-order valence-corrected chi connectivity index (χ2v) is 6.24. The second kappa shape index (κ2) is 5.79. The van der Waals surface area contributed by atoms with Gasteiger partial charge in [-0.05, 0) is 36.5 Å². The fourth-order valence-corrected chi connectivity index (χ4v) is 3.17. The van der Waals surface area contributed by atoms with Crippen LogP contribution in [0.3, 0.4) is 0 Å². The largest absolute Gasteiger partial charge is 0.345 e. The van der Waals surface area contributed by atoms with Crippen LogP contribution in [-0.2, 0) is 9.59 Å². The fraction of sp³-hybridized carbons (Fsp3) is 0.438. The Balaban J connectivity index is 1.69. The molecule has 0 bridgehead atoms. The molecule has 0 aliphatic carbocycles. The number of anilines is 1. The highest BCUT2D eigenvalue weighted by molar-refractivity contribution is 6.39. The Labute approximate surface area is 128 Å². The SMILES string of the molecule is CC1CC(C)CN(C(=O)C(=O)Nc2ccc3nc[nH]c3c2)C1. The van der Waals surface area contributed by atoms with Crippen LogP contribution in [0.1, 0.15) is 20.3 Å². The van der Waals surface area contributed by atoms with Crippen LogP contribution in [0.4, 0.5) is 5.69 Å². The van der Waals surface area contributed by atoms with Gasteiger partial charge < -0.3 is 15.2 Å². The molecule has 1 aromatic heterocycles. The number of likely N-dealkylation sites (tertiary alicyclic amines) is 1. The highest BCUT2D eigenvalue weighted by Crippen LogP contribution is 2.21. The first-order valence-corrected chi connectivity index (χ1v) is 7.56. The maximum Gasteiger partial charge on any atom is 0.313 e. The Hall–Kier alpha value is -2.37. The molecule has 3 rings (SSSR count). The number of nitrogens with zero attached hydrogens (tertiary/aromatic N) is 2. The van der Waals surface area contributed by atoms with Gasteiger partial charge in [0, 0.05) is 18.8 Å². The number of hydrogen-bond acceptors (Lipinski definition) is 3. The number of amides is 2. The Morgan fingerprint density at radius 1 is 1.27 bits per heavy atom. The molecule has 116 valence electrons. The molecule has 0 radical (unpaired) electrons. The number of rotatable bonds is 1. The normalized spacial score (nSPS) is 21.8. The van der Waals surface area contributed by atoms with E-state index in [2.05, 4.69) is 29.1 Å². The number of aromatic nitrogens is 2. The number of H-pyrrole nitrogens is 1. The molecule has 2 heterocycles. The maximum absolute atomic E-state index is 12.3. The van der Waals surface area contributed by atoms with Gasteiger partial charge in [-0.15, -0.1) is 0 Å². The molecule has 22 heavy (non-hydrogen) atoms. The highest BCUT2D eigenvalue weighted by Gasteiger charge is 2.29. The van der Waals surface area contributed by atoms with E-state index in [1.54, 1.807) is 29.4 Å². The predicted molar refractivity (Wildman–Crippen MR) is 84.2 cm³/mol. The summed E-state index contributed by atoms with van der Waals surface area (Å²) in [7, 11) is 0. The summed E-state index contributed by atoms with van der Waals surface area (Å²) in [5.74, 6) is -0.174. The van der Waals surface area contributed by atoms with E-state index in [9.17, 15) is 9.59 Å². The van der Waals surface area contributed by atoms with Crippen molar-refractivity contribution in [2.45, 2.75) is 20.3 Å². The number of fused-ring (bicyclic) bond motifs is 1. The first kappa shape index (κ1) is 14.6. The Morgan fingerprint density at radius 3 is 2.73 bits per heavy atom. The van der Waals surface area contributed by atoms with Crippen LogP contribution >= 0.6 is 0 Å². The molecular formula is C16H20N4O2. The molecular weight excluding hydrogens is 280 g/mol. The lowest BCUT2D eigenvalue weighted by molar-refractivity contribution is -0.144. The summed E-state index contributed by atoms with van der Waals surface area (Å²) < 4.78 is 0. The van der Waals surface area contributed by atoms with E-state index < -0.39 is 11.8 Å². The maximum atomic E-state index is 12.3. The van der Waals surface area contributed by atoms with Crippen molar-refractivity contribution in [3.63, 3.8) is 0 Å². The van der Waals surface area contributed by atoms with Gasteiger partial charge in [0.1, 0.15) is 0 Å². The van der Waals surface area contributed by atoms with Crippen LogP contribution in [0, 0.1) is 11.8 Å². The predicted octanol–water partition coefficient (Wildman–Crippen LogP) is 2.01. The first-order chi connectivity index (χ1) is 10.5. The average molecular weight is 300 g/mol. The van der Waals surface area contributed by atoms with E-state index in [1.165, 1.54) is 0 Å². The molecule has 6 nitrogen and oxygen atoms in total. The van der Waals surface area contributed by atoms with Crippen LogP contribution in [0.2, 0.25) is 0 Å². The van der Waals surface area contributed by atoms with Gasteiger partial charge in [0.05, 0.1) is 17.4 Å². The van der Waals surface area contributed by atoms with Crippen molar-refractivity contribution in [1.29, 1.82) is 0 Å². The molecule has 2 amide bonds. The lowest BCUT2D eigenvalue weighted by Crippen LogP contribution is -2.47. The zero-order chi connectivity index (χ0) is 15.7. The standard InChI is InChI=1S/C16H20N4O2/c1-10-5-11(2)8-20(7-10)16(22)15(21)19-12-3-4-13-14(6-12)18-9-17-13/h3-4,6,9-11H,5,7-8H2,1-2H3,(H,17,18)(H,19,21). The molecule has 1 aliphatic heterocycles. The van der Waals surface area contributed by atoms with Crippen LogP contribution < -0.4 is 5.32 Å². The number of imidazole rings is 1. The third kappa shape index (κ3) is 2.95. The van der Waals surface area contributed by atoms with Gasteiger partial charge in [-0.25, -0.2) is 4.98 Å². The number of aromatic amines is 1. The Kier molecular flexibility index (Phi) is 3.83. The van der Waals surface area contributed by atoms with Crippen molar-refractivity contribution in [2.24, 2.45) is 11.8 Å². The third-order valence-corrected chi connectivity index (χ3v) is 4.03.